The van der Waals surface area contributed by atoms with Crippen LogP contribution in [-0.4, -0.2) is 5.97 Å². The number of esters is 1. The van der Waals surface area contributed by atoms with Crippen LogP contribution in [-0.2, 0) is 11.0 Å². The SMILES string of the molecule is O=C1C[C@H](c2ccccc2C(F)(F)F)c2c(c3ccccc3oc2=O)O1. The summed E-state index contributed by atoms with van der Waals surface area (Å²) in [6.07, 6.45) is -4.99. The zero-order chi connectivity index (χ0) is 18.5. The maximum atomic E-state index is 13.4. The summed E-state index contributed by atoms with van der Waals surface area (Å²) in [4.78, 5) is 24.6. The molecule has 1 atom stereocenters. The van der Waals surface area contributed by atoms with Crippen molar-refractivity contribution in [3.05, 3.63) is 75.6 Å². The number of ether oxygens (including phenoxy) is 1. The molecule has 3 aromatic rings. The molecule has 2 heterocycles. The molecule has 2 aromatic carbocycles. The molecule has 1 aromatic heterocycles. The van der Waals surface area contributed by atoms with Crippen molar-refractivity contribution in [1.29, 1.82) is 0 Å². The molecular formula is C19H11F3O4. The molecule has 4 nitrogen and oxygen atoms in total. The lowest BCUT2D eigenvalue weighted by Gasteiger charge is -2.26. The smallest absolute Gasteiger partial charge is 0.416 e. The van der Waals surface area contributed by atoms with Gasteiger partial charge in [-0.1, -0.05) is 30.3 Å². The molecule has 1 aliphatic heterocycles. The lowest BCUT2D eigenvalue weighted by molar-refractivity contribution is -0.140. The largest absolute Gasteiger partial charge is 0.425 e. The van der Waals surface area contributed by atoms with E-state index in [9.17, 15) is 22.8 Å². The third kappa shape index (κ3) is 2.56. The van der Waals surface area contributed by atoms with E-state index in [0.29, 0.717) is 5.39 Å². The first kappa shape index (κ1) is 16.4. The van der Waals surface area contributed by atoms with E-state index in [1.807, 2.05) is 0 Å². The quantitative estimate of drug-likeness (QED) is 0.481. The fourth-order valence-electron chi connectivity index (χ4n) is 3.30. The van der Waals surface area contributed by atoms with Crippen molar-refractivity contribution >= 4 is 16.9 Å². The number of halogens is 3. The van der Waals surface area contributed by atoms with Crippen molar-refractivity contribution < 1.29 is 27.1 Å². The summed E-state index contributed by atoms with van der Waals surface area (Å²) in [6.45, 7) is 0. The summed E-state index contributed by atoms with van der Waals surface area (Å²) >= 11 is 0. The number of hydrogen-bond donors (Lipinski definition) is 0. The van der Waals surface area contributed by atoms with Gasteiger partial charge in [-0.2, -0.15) is 13.2 Å². The number of para-hydroxylation sites is 1. The van der Waals surface area contributed by atoms with Gasteiger partial charge in [-0.3, -0.25) is 4.79 Å². The minimum atomic E-state index is -4.62. The van der Waals surface area contributed by atoms with Crippen LogP contribution >= 0.6 is 0 Å². The van der Waals surface area contributed by atoms with Crippen LogP contribution in [0.2, 0.25) is 0 Å². The topological polar surface area (TPSA) is 56.5 Å². The highest BCUT2D eigenvalue weighted by Crippen LogP contribution is 2.44. The molecule has 0 aliphatic carbocycles. The van der Waals surface area contributed by atoms with Gasteiger partial charge in [-0.15, -0.1) is 0 Å². The fraction of sp³-hybridized carbons (Fsp3) is 0.158. The zero-order valence-electron chi connectivity index (χ0n) is 13.2. The average Bonchev–Trinajstić information content (AvgIpc) is 2.60. The normalized spacial score (nSPS) is 17.0. The van der Waals surface area contributed by atoms with Gasteiger partial charge in [-0.25, -0.2) is 4.79 Å². The van der Waals surface area contributed by atoms with Gasteiger partial charge < -0.3 is 9.15 Å². The predicted octanol–water partition coefficient (Wildman–Crippen LogP) is 4.25. The summed E-state index contributed by atoms with van der Waals surface area (Å²) in [5.41, 5.74) is -1.72. The van der Waals surface area contributed by atoms with E-state index < -0.39 is 29.3 Å². The van der Waals surface area contributed by atoms with E-state index in [2.05, 4.69) is 0 Å². The second-order valence-electron chi connectivity index (χ2n) is 5.94. The van der Waals surface area contributed by atoms with Crippen LogP contribution < -0.4 is 10.4 Å². The molecule has 0 saturated heterocycles. The fourth-order valence-corrected chi connectivity index (χ4v) is 3.30. The van der Waals surface area contributed by atoms with Crippen LogP contribution in [0.25, 0.3) is 11.0 Å². The standard InChI is InChI=1S/C19H11F3O4/c20-19(21,22)13-7-3-1-5-10(13)12-9-15(23)26-17-11-6-2-4-8-14(11)25-18(24)16(12)17/h1-8,12H,9H2/t12-/m1/s1. The molecule has 0 bridgehead atoms. The summed E-state index contributed by atoms with van der Waals surface area (Å²) in [5, 5.41) is 0.365. The number of rotatable bonds is 1. The Morgan fingerprint density at radius 3 is 2.42 bits per heavy atom. The summed E-state index contributed by atoms with van der Waals surface area (Å²) < 4.78 is 50.7. The Kier molecular flexibility index (Phi) is 3.61. The molecule has 0 N–H and O–H groups in total. The third-order valence-electron chi connectivity index (χ3n) is 4.38. The monoisotopic (exact) mass is 360 g/mol. The zero-order valence-corrected chi connectivity index (χ0v) is 13.2. The molecule has 0 unspecified atom stereocenters. The van der Waals surface area contributed by atoms with Gasteiger partial charge in [0.2, 0.25) is 0 Å². The van der Waals surface area contributed by atoms with Crippen LogP contribution in [0.4, 0.5) is 13.2 Å². The molecule has 26 heavy (non-hydrogen) atoms. The number of carbonyl (C=O) groups is 1. The van der Waals surface area contributed by atoms with Crippen LogP contribution in [0, 0.1) is 0 Å². The summed E-state index contributed by atoms with van der Waals surface area (Å²) in [5.74, 6) is -1.82. The molecule has 0 saturated carbocycles. The summed E-state index contributed by atoms with van der Waals surface area (Å²) in [6, 6.07) is 11.3. The summed E-state index contributed by atoms with van der Waals surface area (Å²) in [7, 11) is 0. The Morgan fingerprint density at radius 1 is 0.962 bits per heavy atom. The number of fused-ring (bicyclic) bond motifs is 3. The van der Waals surface area contributed by atoms with E-state index in [4.69, 9.17) is 9.15 Å². The van der Waals surface area contributed by atoms with E-state index in [1.54, 1.807) is 18.2 Å². The minimum Gasteiger partial charge on any atom is -0.425 e. The van der Waals surface area contributed by atoms with Gasteiger partial charge in [0, 0.05) is 5.92 Å². The van der Waals surface area contributed by atoms with Crippen molar-refractivity contribution in [2.45, 2.75) is 18.5 Å². The van der Waals surface area contributed by atoms with Gasteiger partial charge in [-0.05, 0) is 23.8 Å². The predicted molar refractivity (Wildman–Crippen MR) is 86.0 cm³/mol. The van der Waals surface area contributed by atoms with Crippen molar-refractivity contribution in [3.8, 4) is 5.75 Å². The van der Waals surface area contributed by atoms with Gasteiger partial charge in [0.25, 0.3) is 0 Å². The molecule has 0 spiro atoms. The van der Waals surface area contributed by atoms with Gasteiger partial charge in [0.1, 0.15) is 5.58 Å². The Morgan fingerprint density at radius 2 is 1.65 bits per heavy atom. The maximum absolute atomic E-state index is 13.4. The van der Waals surface area contributed by atoms with Crippen LogP contribution in [0.3, 0.4) is 0 Å². The Hall–Kier alpha value is -3.09. The first-order valence-electron chi connectivity index (χ1n) is 7.79. The molecule has 1 aliphatic rings. The van der Waals surface area contributed by atoms with Crippen molar-refractivity contribution in [2.24, 2.45) is 0 Å². The van der Waals surface area contributed by atoms with E-state index in [-0.39, 0.29) is 28.9 Å². The van der Waals surface area contributed by atoms with Crippen LogP contribution in [0.1, 0.15) is 29.0 Å². The minimum absolute atomic E-state index is 0.0323. The van der Waals surface area contributed by atoms with Crippen molar-refractivity contribution in [2.75, 3.05) is 0 Å². The van der Waals surface area contributed by atoms with Crippen LogP contribution in [0.15, 0.2) is 57.7 Å². The van der Waals surface area contributed by atoms with Crippen molar-refractivity contribution in [1.82, 2.24) is 0 Å². The number of alkyl halides is 3. The lowest BCUT2D eigenvalue weighted by Crippen LogP contribution is -2.28. The molecule has 4 rings (SSSR count). The van der Waals surface area contributed by atoms with Crippen molar-refractivity contribution in [3.63, 3.8) is 0 Å². The molecule has 0 fully saturated rings. The van der Waals surface area contributed by atoms with Gasteiger partial charge in [0.15, 0.2) is 5.75 Å². The molecule has 7 heteroatoms. The highest BCUT2D eigenvalue weighted by Gasteiger charge is 2.40. The second-order valence-corrected chi connectivity index (χ2v) is 5.94. The first-order chi connectivity index (χ1) is 12.4. The second kappa shape index (κ2) is 5.72. The molecule has 0 radical (unpaired) electrons. The molecule has 0 amide bonds. The van der Waals surface area contributed by atoms with Gasteiger partial charge in [0.05, 0.1) is 22.9 Å². The highest BCUT2D eigenvalue weighted by atomic mass is 19.4. The maximum Gasteiger partial charge on any atom is 0.416 e. The number of benzene rings is 2. The Labute approximate surface area is 144 Å². The van der Waals surface area contributed by atoms with E-state index in [1.165, 1.54) is 24.3 Å². The highest BCUT2D eigenvalue weighted by molar-refractivity contribution is 5.90. The Bertz CT molecular complexity index is 1080. The van der Waals surface area contributed by atoms with Gasteiger partial charge >= 0.3 is 17.8 Å². The first-order valence-corrected chi connectivity index (χ1v) is 7.79. The Balaban J connectivity index is 2.02. The lowest BCUT2D eigenvalue weighted by atomic mass is 9.84. The number of hydrogen-bond acceptors (Lipinski definition) is 4. The van der Waals surface area contributed by atoms with E-state index in [0.717, 1.165) is 6.07 Å². The molecular weight excluding hydrogens is 349 g/mol. The van der Waals surface area contributed by atoms with E-state index >= 15 is 0 Å². The number of carbonyl (C=O) groups excluding carboxylic acids is 1. The average molecular weight is 360 g/mol. The molecule has 132 valence electrons. The third-order valence-corrected chi connectivity index (χ3v) is 4.38. The van der Waals surface area contributed by atoms with Crippen LogP contribution in [0.5, 0.6) is 5.75 Å².